The molecule has 0 radical (unpaired) electrons. The van der Waals surface area contributed by atoms with Crippen molar-refractivity contribution >= 4 is 0 Å². The summed E-state index contributed by atoms with van der Waals surface area (Å²) in [6.45, 7) is 4.66. The second kappa shape index (κ2) is 10.0. The highest BCUT2D eigenvalue weighted by molar-refractivity contribution is 5.32. The second-order valence-electron chi connectivity index (χ2n) is 7.75. The molecule has 0 aromatic heterocycles. The van der Waals surface area contributed by atoms with Gasteiger partial charge in [-0.15, -0.1) is 0 Å². The third-order valence-electron chi connectivity index (χ3n) is 5.69. The first-order valence-corrected chi connectivity index (χ1v) is 10.5. The van der Waals surface area contributed by atoms with Crippen LogP contribution in [-0.2, 0) is 6.42 Å². The second-order valence-corrected chi connectivity index (χ2v) is 7.75. The Bertz CT molecular complexity index is 814. The smallest absolute Gasteiger partial charge is 0.200 e. The third kappa shape index (κ3) is 5.26. The van der Waals surface area contributed by atoms with Gasteiger partial charge in [0.15, 0.2) is 11.6 Å². The molecular formula is C24H29F3O2. The van der Waals surface area contributed by atoms with Gasteiger partial charge in [-0.05, 0) is 74.1 Å². The highest BCUT2D eigenvalue weighted by Crippen LogP contribution is 2.38. The molecule has 1 aliphatic rings. The molecule has 3 rings (SSSR count). The van der Waals surface area contributed by atoms with Crippen LogP contribution in [0.1, 0.15) is 63.0 Å². The number of hydrogen-bond acceptors (Lipinski definition) is 2. The molecule has 2 aromatic rings. The molecule has 2 nitrogen and oxygen atoms in total. The summed E-state index contributed by atoms with van der Waals surface area (Å²) in [5.41, 5.74) is 1.11. The zero-order valence-electron chi connectivity index (χ0n) is 17.1. The molecule has 2 aromatic carbocycles. The fraction of sp³-hybridized carbons (Fsp3) is 0.500. The molecule has 0 atom stereocenters. The summed E-state index contributed by atoms with van der Waals surface area (Å²) in [7, 11) is 0. The van der Waals surface area contributed by atoms with E-state index in [9.17, 15) is 13.2 Å². The van der Waals surface area contributed by atoms with Crippen molar-refractivity contribution in [3.63, 3.8) is 0 Å². The number of hydrogen-bond donors (Lipinski definition) is 0. The molecule has 29 heavy (non-hydrogen) atoms. The minimum absolute atomic E-state index is 0.0259. The minimum atomic E-state index is -0.902. The van der Waals surface area contributed by atoms with E-state index in [1.54, 1.807) is 6.07 Å². The Kier molecular flexibility index (Phi) is 7.45. The predicted octanol–water partition coefficient (Wildman–Crippen LogP) is 6.81. The van der Waals surface area contributed by atoms with Crippen molar-refractivity contribution in [3.05, 3.63) is 58.9 Å². The SMILES string of the molecule is CCCc1ccc(OCC2CCC(c3ccc(OCC)cc3F)CC2)c(F)c1F. The maximum atomic E-state index is 14.4. The van der Waals surface area contributed by atoms with Crippen LogP contribution in [0.2, 0.25) is 0 Å². The molecule has 158 valence electrons. The van der Waals surface area contributed by atoms with Crippen molar-refractivity contribution in [1.29, 1.82) is 0 Å². The van der Waals surface area contributed by atoms with Crippen molar-refractivity contribution in [2.24, 2.45) is 5.92 Å². The summed E-state index contributed by atoms with van der Waals surface area (Å²) in [5, 5.41) is 0. The van der Waals surface area contributed by atoms with Crippen molar-refractivity contribution in [2.45, 2.75) is 58.3 Å². The first kappa shape index (κ1) is 21.5. The number of benzene rings is 2. The van der Waals surface area contributed by atoms with Crippen LogP contribution in [0.3, 0.4) is 0 Å². The molecule has 0 amide bonds. The van der Waals surface area contributed by atoms with E-state index >= 15 is 0 Å². The highest BCUT2D eigenvalue weighted by Gasteiger charge is 2.25. The Balaban J connectivity index is 1.53. The van der Waals surface area contributed by atoms with E-state index in [4.69, 9.17) is 9.47 Å². The lowest BCUT2D eigenvalue weighted by Crippen LogP contribution is -2.20. The molecule has 0 spiro atoms. The lowest BCUT2D eigenvalue weighted by atomic mass is 9.79. The van der Waals surface area contributed by atoms with E-state index in [1.807, 2.05) is 26.0 Å². The van der Waals surface area contributed by atoms with Gasteiger partial charge in [0, 0.05) is 6.07 Å². The largest absolute Gasteiger partial charge is 0.494 e. The van der Waals surface area contributed by atoms with Gasteiger partial charge in [0.1, 0.15) is 11.6 Å². The Morgan fingerprint density at radius 3 is 2.31 bits per heavy atom. The first-order chi connectivity index (χ1) is 14.0. The van der Waals surface area contributed by atoms with E-state index in [0.29, 0.717) is 30.9 Å². The summed E-state index contributed by atoms with van der Waals surface area (Å²) in [6, 6.07) is 8.20. The zero-order chi connectivity index (χ0) is 20.8. The van der Waals surface area contributed by atoms with Crippen LogP contribution in [0.5, 0.6) is 11.5 Å². The maximum absolute atomic E-state index is 14.4. The molecule has 0 saturated heterocycles. The monoisotopic (exact) mass is 406 g/mol. The average Bonchev–Trinajstić information content (AvgIpc) is 2.72. The van der Waals surface area contributed by atoms with Crippen molar-refractivity contribution in [3.8, 4) is 11.5 Å². The third-order valence-corrected chi connectivity index (χ3v) is 5.69. The van der Waals surface area contributed by atoms with Crippen molar-refractivity contribution in [1.82, 2.24) is 0 Å². The Morgan fingerprint density at radius 2 is 1.66 bits per heavy atom. The molecule has 5 heteroatoms. The van der Waals surface area contributed by atoms with Crippen LogP contribution in [0, 0.1) is 23.4 Å². The predicted molar refractivity (Wildman–Crippen MR) is 108 cm³/mol. The van der Waals surface area contributed by atoms with Gasteiger partial charge >= 0.3 is 0 Å². The van der Waals surface area contributed by atoms with Crippen LogP contribution >= 0.6 is 0 Å². The zero-order valence-corrected chi connectivity index (χ0v) is 17.1. The summed E-state index contributed by atoms with van der Waals surface area (Å²) >= 11 is 0. The molecule has 0 aliphatic heterocycles. The Labute approximate surface area is 171 Å². The Morgan fingerprint density at radius 1 is 0.897 bits per heavy atom. The topological polar surface area (TPSA) is 18.5 Å². The van der Waals surface area contributed by atoms with E-state index in [-0.39, 0.29) is 23.4 Å². The van der Waals surface area contributed by atoms with Gasteiger partial charge in [-0.1, -0.05) is 25.5 Å². The summed E-state index contributed by atoms with van der Waals surface area (Å²) in [6.07, 6.45) is 4.71. The number of ether oxygens (including phenoxy) is 2. The van der Waals surface area contributed by atoms with Gasteiger partial charge in [-0.3, -0.25) is 0 Å². The van der Waals surface area contributed by atoms with Gasteiger partial charge in [0.25, 0.3) is 0 Å². The fourth-order valence-electron chi connectivity index (χ4n) is 4.09. The summed E-state index contributed by atoms with van der Waals surface area (Å²) < 4.78 is 53.6. The van der Waals surface area contributed by atoms with Crippen LogP contribution in [0.15, 0.2) is 30.3 Å². The molecule has 1 fully saturated rings. The summed E-state index contributed by atoms with van der Waals surface area (Å²) in [4.78, 5) is 0. The van der Waals surface area contributed by atoms with Crippen LogP contribution in [-0.4, -0.2) is 13.2 Å². The van der Waals surface area contributed by atoms with E-state index < -0.39 is 11.6 Å². The molecular weight excluding hydrogens is 377 g/mol. The van der Waals surface area contributed by atoms with Crippen LogP contribution in [0.25, 0.3) is 0 Å². The van der Waals surface area contributed by atoms with E-state index in [1.165, 1.54) is 12.1 Å². The van der Waals surface area contributed by atoms with Crippen LogP contribution in [0.4, 0.5) is 13.2 Å². The number of rotatable bonds is 8. The molecule has 0 N–H and O–H groups in total. The van der Waals surface area contributed by atoms with Crippen molar-refractivity contribution in [2.75, 3.05) is 13.2 Å². The van der Waals surface area contributed by atoms with Gasteiger partial charge < -0.3 is 9.47 Å². The van der Waals surface area contributed by atoms with Crippen molar-refractivity contribution < 1.29 is 22.6 Å². The first-order valence-electron chi connectivity index (χ1n) is 10.5. The van der Waals surface area contributed by atoms with Crippen LogP contribution < -0.4 is 9.47 Å². The van der Waals surface area contributed by atoms with Gasteiger partial charge in [-0.2, -0.15) is 4.39 Å². The number of aryl methyl sites for hydroxylation is 1. The standard InChI is InChI=1S/C24H29F3O2/c1-3-5-18-10-13-22(24(27)23(18)26)29-15-16-6-8-17(9-7-16)20-12-11-19(28-4-2)14-21(20)25/h10-14,16-17H,3-9,15H2,1-2H3. The lowest BCUT2D eigenvalue weighted by Gasteiger charge is -2.29. The fourth-order valence-corrected chi connectivity index (χ4v) is 4.09. The van der Waals surface area contributed by atoms with E-state index in [2.05, 4.69) is 0 Å². The highest BCUT2D eigenvalue weighted by atomic mass is 19.2. The quantitative estimate of drug-likeness (QED) is 0.479. The average molecular weight is 406 g/mol. The Hall–Kier alpha value is -2.17. The summed E-state index contributed by atoms with van der Waals surface area (Å²) in [5.74, 6) is -0.975. The minimum Gasteiger partial charge on any atom is -0.494 e. The van der Waals surface area contributed by atoms with Gasteiger partial charge in [-0.25, -0.2) is 8.78 Å². The lowest BCUT2D eigenvalue weighted by molar-refractivity contribution is 0.192. The molecule has 1 aliphatic carbocycles. The molecule has 0 heterocycles. The van der Waals surface area contributed by atoms with Gasteiger partial charge in [0.05, 0.1) is 13.2 Å². The molecule has 0 bridgehead atoms. The van der Waals surface area contributed by atoms with E-state index in [0.717, 1.165) is 37.7 Å². The van der Waals surface area contributed by atoms with Gasteiger partial charge in [0.2, 0.25) is 5.82 Å². The maximum Gasteiger partial charge on any atom is 0.200 e. The normalized spacial score (nSPS) is 19.2. The number of halogens is 3. The molecule has 1 saturated carbocycles. The molecule has 0 unspecified atom stereocenters.